The van der Waals surface area contributed by atoms with Crippen molar-refractivity contribution in [1.29, 1.82) is 0 Å². The molecule has 0 N–H and O–H groups in total. The Morgan fingerprint density at radius 2 is 1.95 bits per heavy atom. The van der Waals surface area contributed by atoms with Gasteiger partial charge in [0.1, 0.15) is 5.65 Å². The second-order valence-electron chi connectivity index (χ2n) is 4.53. The van der Waals surface area contributed by atoms with E-state index in [2.05, 4.69) is 32.4 Å². The van der Waals surface area contributed by atoms with E-state index in [1.807, 2.05) is 37.4 Å². The largest absolute Gasteiger partial charge is 0.312 e. The summed E-state index contributed by atoms with van der Waals surface area (Å²) < 4.78 is 2.10. The minimum atomic E-state index is 0.439. The van der Waals surface area contributed by atoms with Crippen LogP contribution in [0.15, 0.2) is 48.7 Å². The fourth-order valence-corrected chi connectivity index (χ4v) is 2.24. The summed E-state index contributed by atoms with van der Waals surface area (Å²) in [5, 5.41) is 0. The lowest BCUT2D eigenvalue weighted by Gasteiger charge is -2.05. The maximum Gasteiger partial charge on any atom is 0.239 e. The van der Waals surface area contributed by atoms with Crippen molar-refractivity contribution in [2.45, 2.75) is 13.5 Å². The summed E-state index contributed by atoms with van der Waals surface area (Å²) in [7, 11) is 0. The Hall–Kier alpha value is -2.60. The molecule has 0 saturated heterocycles. The molecule has 19 heavy (non-hydrogen) atoms. The molecule has 0 spiro atoms. The van der Waals surface area contributed by atoms with Crippen molar-refractivity contribution in [2.75, 3.05) is 0 Å². The summed E-state index contributed by atoms with van der Waals surface area (Å²) in [6.07, 6.45) is 2.04. The van der Waals surface area contributed by atoms with Crippen LogP contribution in [0, 0.1) is 13.5 Å². The monoisotopic (exact) mass is 247 g/mol. The highest BCUT2D eigenvalue weighted by Crippen LogP contribution is 2.22. The molecule has 3 rings (SSSR count). The van der Waals surface area contributed by atoms with Gasteiger partial charge in [-0.3, -0.25) is 4.40 Å². The number of aromatic nitrogens is 2. The van der Waals surface area contributed by atoms with Gasteiger partial charge in [-0.25, -0.2) is 11.6 Å². The molecule has 0 aliphatic rings. The first kappa shape index (κ1) is 11.5. The molecule has 0 aliphatic carbocycles. The minimum absolute atomic E-state index is 0.439. The summed E-state index contributed by atoms with van der Waals surface area (Å²) in [6.45, 7) is 9.32. The summed E-state index contributed by atoms with van der Waals surface area (Å²) in [4.78, 5) is 7.87. The molecule has 0 unspecified atom stereocenters. The van der Waals surface area contributed by atoms with Crippen LogP contribution < -0.4 is 0 Å². The highest BCUT2D eigenvalue weighted by atomic mass is 15.0. The van der Waals surface area contributed by atoms with Gasteiger partial charge in [0, 0.05) is 11.8 Å². The molecular formula is C16H13N3. The third-order valence-electron chi connectivity index (χ3n) is 3.12. The number of pyridine rings is 1. The molecule has 2 aromatic heterocycles. The van der Waals surface area contributed by atoms with E-state index >= 15 is 0 Å². The van der Waals surface area contributed by atoms with E-state index in [1.165, 1.54) is 0 Å². The van der Waals surface area contributed by atoms with Crippen molar-refractivity contribution in [3.8, 4) is 11.3 Å². The number of nitrogens with zero attached hydrogens (tertiary/aromatic N) is 3. The first-order valence-electron chi connectivity index (χ1n) is 6.15. The SMILES string of the molecule is [C-]#[N+]Cc1ccc(-c2cccc3nc(C)cn23)cc1. The maximum absolute atomic E-state index is 6.88. The van der Waals surface area contributed by atoms with Crippen LogP contribution in [-0.4, -0.2) is 9.38 Å². The van der Waals surface area contributed by atoms with Crippen molar-refractivity contribution in [3.63, 3.8) is 0 Å². The molecule has 3 aromatic rings. The lowest BCUT2D eigenvalue weighted by Crippen LogP contribution is -1.90. The first-order valence-corrected chi connectivity index (χ1v) is 6.15. The summed E-state index contributed by atoms with van der Waals surface area (Å²) >= 11 is 0. The second-order valence-corrected chi connectivity index (χ2v) is 4.53. The number of hydrogen-bond donors (Lipinski definition) is 0. The molecule has 0 amide bonds. The minimum Gasteiger partial charge on any atom is -0.312 e. The van der Waals surface area contributed by atoms with Gasteiger partial charge in [-0.2, -0.15) is 0 Å². The Kier molecular flexibility index (Phi) is 2.77. The van der Waals surface area contributed by atoms with Crippen LogP contribution in [0.5, 0.6) is 0 Å². The molecule has 3 heteroatoms. The molecule has 0 radical (unpaired) electrons. The topological polar surface area (TPSA) is 21.7 Å². The molecule has 0 atom stereocenters. The van der Waals surface area contributed by atoms with Gasteiger partial charge in [-0.15, -0.1) is 0 Å². The lowest BCUT2D eigenvalue weighted by atomic mass is 10.1. The fraction of sp³-hybridized carbons (Fsp3) is 0.125. The highest BCUT2D eigenvalue weighted by molar-refractivity contribution is 5.64. The van der Waals surface area contributed by atoms with Gasteiger partial charge in [-0.1, -0.05) is 30.3 Å². The molecule has 3 nitrogen and oxygen atoms in total. The third kappa shape index (κ3) is 2.09. The van der Waals surface area contributed by atoms with E-state index < -0.39 is 0 Å². The quantitative estimate of drug-likeness (QED) is 0.632. The smallest absolute Gasteiger partial charge is 0.239 e. The Balaban J connectivity index is 2.11. The zero-order valence-electron chi connectivity index (χ0n) is 10.7. The number of hydrogen-bond acceptors (Lipinski definition) is 1. The Bertz CT molecular complexity index is 761. The molecular weight excluding hydrogens is 234 g/mol. The van der Waals surface area contributed by atoms with E-state index in [0.717, 1.165) is 28.2 Å². The van der Waals surface area contributed by atoms with Crippen LogP contribution in [0.25, 0.3) is 21.7 Å². The lowest BCUT2D eigenvalue weighted by molar-refractivity contribution is 1.18. The zero-order valence-corrected chi connectivity index (χ0v) is 10.7. The van der Waals surface area contributed by atoms with Crippen LogP contribution in [0.4, 0.5) is 0 Å². The maximum atomic E-state index is 6.88. The van der Waals surface area contributed by atoms with E-state index in [1.54, 1.807) is 0 Å². The standard InChI is InChI=1S/C16H13N3/c1-12-11-19-15(4-3-5-16(19)18-12)14-8-6-13(7-9-14)10-17-2/h3-9,11H,10H2,1H3. The number of benzene rings is 1. The highest BCUT2D eigenvalue weighted by Gasteiger charge is 2.05. The molecule has 2 heterocycles. The first-order chi connectivity index (χ1) is 9.28. The molecule has 0 saturated carbocycles. The second kappa shape index (κ2) is 4.58. The molecule has 0 fully saturated rings. The number of imidazole rings is 1. The van der Waals surface area contributed by atoms with Gasteiger partial charge in [0.15, 0.2) is 0 Å². The summed E-state index contributed by atoms with van der Waals surface area (Å²) in [5.74, 6) is 0. The van der Waals surface area contributed by atoms with Gasteiger partial charge in [-0.05, 0) is 24.6 Å². The molecule has 92 valence electrons. The van der Waals surface area contributed by atoms with Crippen LogP contribution in [0.2, 0.25) is 0 Å². The average Bonchev–Trinajstić information content (AvgIpc) is 2.80. The molecule has 0 aliphatic heterocycles. The van der Waals surface area contributed by atoms with Crippen LogP contribution in [-0.2, 0) is 6.54 Å². The summed E-state index contributed by atoms with van der Waals surface area (Å²) in [6, 6.07) is 14.2. The average molecular weight is 247 g/mol. The third-order valence-corrected chi connectivity index (χ3v) is 3.12. The Morgan fingerprint density at radius 3 is 2.68 bits per heavy atom. The van der Waals surface area contributed by atoms with Gasteiger partial charge in [0.05, 0.1) is 11.4 Å². The van der Waals surface area contributed by atoms with Crippen LogP contribution in [0.3, 0.4) is 0 Å². The normalized spacial score (nSPS) is 10.5. The number of rotatable bonds is 2. The van der Waals surface area contributed by atoms with Crippen molar-refractivity contribution < 1.29 is 0 Å². The van der Waals surface area contributed by atoms with Crippen LogP contribution in [0.1, 0.15) is 11.3 Å². The molecule has 0 bridgehead atoms. The Morgan fingerprint density at radius 1 is 1.16 bits per heavy atom. The summed E-state index contributed by atoms with van der Waals surface area (Å²) in [5.41, 5.74) is 5.27. The van der Waals surface area contributed by atoms with Crippen molar-refractivity contribution in [1.82, 2.24) is 9.38 Å². The van der Waals surface area contributed by atoms with E-state index in [4.69, 9.17) is 6.57 Å². The van der Waals surface area contributed by atoms with Gasteiger partial charge >= 0.3 is 0 Å². The van der Waals surface area contributed by atoms with E-state index in [9.17, 15) is 0 Å². The van der Waals surface area contributed by atoms with Gasteiger partial charge in [0.2, 0.25) is 6.54 Å². The van der Waals surface area contributed by atoms with Crippen molar-refractivity contribution >= 4 is 5.65 Å². The number of aryl methyl sites for hydroxylation is 1. The Labute approximate surface area is 112 Å². The predicted molar refractivity (Wildman–Crippen MR) is 75.7 cm³/mol. The van der Waals surface area contributed by atoms with Gasteiger partial charge < -0.3 is 4.85 Å². The number of fused-ring (bicyclic) bond motifs is 1. The van der Waals surface area contributed by atoms with Crippen molar-refractivity contribution in [3.05, 3.63) is 71.3 Å². The predicted octanol–water partition coefficient (Wildman–Crippen LogP) is 3.73. The van der Waals surface area contributed by atoms with E-state index in [-0.39, 0.29) is 0 Å². The van der Waals surface area contributed by atoms with Crippen molar-refractivity contribution in [2.24, 2.45) is 0 Å². The van der Waals surface area contributed by atoms with Gasteiger partial charge in [0.25, 0.3) is 0 Å². The zero-order chi connectivity index (χ0) is 13.2. The molecule has 1 aromatic carbocycles. The fourth-order valence-electron chi connectivity index (χ4n) is 2.24. The van der Waals surface area contributed by atoms with Crippen LogP contribution >= 0.6 is 0 Å². The van der Waals surface area contributed by atoms with E-state index in [0.29, 0.717) is 6.54 Å².